The highest BCUT2D eigenvalue weighted by atomic mass is 16.5. The SMILES string of the molecule is CCCOc1ccc(C(N)=O)cc1C(C)(C)C. The van der Waals surface area contributed by atoms with Crippen molar-refractivity contribution < 1.29 is 9.53 Å². The zero-order valence-corrected chi connectivity index (χ0v) is 11.0. The fourth-order valence-electron chi connectivity index (χ4n) is 1.61. The number of carbonyl (C=O) groups is 1. The van der Waals surface area contributed by atoms with Crippen molar-refractivity contribution in [2.45, 2.75) is 39.5 Å². The molecule has 3 nitrogen and oxygen atoms in total. The smallest absolute Gasteiger partial charge is 0.248 e. The van der Waals surface area contributed by atoms with Gasteiger partial charge in [0.1, 0.15) is 5.75 Å². The number of primary amides is 1. The topological polar surface area (TPSA) is 52.3 Å². The Kier molecular flexibility index (Phi) is 4.16. The number of amides is 1. The zero-order valence-electron chi connectivity index (χ0n) is 11.0. The molecule has 0 aliphatic rings. The Morgan fingerprint density at radius 3 is 2.47 bits per heavy atom. The number of nitrogens with two attached hydrogens (primary N) is 1. The van der Waals surface area contributed by atoms with E-state index < -0.39 is 5.91 Å². The number of ether oxygens (including phenoxy) is 1. The van der Waals surface area contributed by atoms with Gasteiger partial charge in [-0.3, -0.25) is 4.79 Å². The molecule has 0 spiro atoms. The van der Waals surface area contributed by atoms with Crippen LogP contribution < -0.4 is 10.5 Å². The second-order valence-electron chi connectivity index (χ2n) is 5.17. The minimum atomic E-state index is -0.405. The highest BCUT2D eigenvalue weighted by Gasteiger charge is 2.20. The highest BCUT2D eigenvalue weighted by molar-refractivity contribution is 5.93. The third-order valence-electron chi connectivity index (χ3n) is 2.53. The molecule has 0 atom stereocenters. The monoisotopic (exact) mass is 235 g/mol. The van der Waals surface area contributed by atoms with Gasteiger partial charge in [0.25, 0.3) is 0 Å². The van der Waals surface area contributed by atoms with Crippen molar-refractivity contribution in [3.63, 3.8) is 0 Å². The van der Waals surface area contributed by atoms with Crippen LogP contribution in [-0.2, 0) is 5.41 Å². The summed E-state index contributed by atoms with van der Waals surface area (Å²) in [6, 6.07) is 5.37. The number of benzene rings is 1. The van der Waals surface area contributed by atoms with Crippen LogP contribution in [0.5, 0.6) is 5.75 Å². The summed E-state index contributed by atoms with van der Waals surface area (Å²) in [4.78, 5) is 11.2. The van der Waals surface area contributed by atoms with Crippen LogP contribution in [0.3, 0.4) is 0 Å². The maximum atomic E-state index is 11.2. The van der Waals surface area contributed by atoms with Crippen molar-refractivity contribution in [3.8, 4) is 5.75 Å². The van der Waals surface area contributed by atoms with E-state index in [4.69, 9.17) is 10.5 Å². The summed E-state index contributed by atoms with van der Waals surface area (Å²) in [5.74, 6) is 0.432. The maximum absolute atomic E-state index is 11.2. The minimum absolute atomic E-state index is 0.0749. The van der Waals surface area contributed by atoms with Gasteiger partial charge in [-0.1, -0.05) is 27.7 Å². The summed E-state index contributed by atoms with van der Waals surface area (Å²) in [5, 5.41) is 0. The van der Waals surface area contributed by atoms with Gasteiger partial charge in [-0.05, 0) is 30.0 Å². The molecule has 1 aromatic carbocycles. The molecule has 0 bridgehead atoms. The van der Waals surface area contributed by atoms with E-state index in [2.05, 4.69) is 27.7 Å². The van der Waals surface area contributed by atoms with E-state index >= 15 is 0 Å². The molecule has 0 unspecified atom stereocenters. The Morgan fingerprint density at radius 1 is 1.35 bits per heavy atom. The van der Waals surface area contributed by atoms with Gasteiger partial charge >= 0.3 is 0 Å². The van der Waals surface area contributed by atoms with Crippen LogP contribution in [0.15, 0.2) is 18.2 Å². The summed E-state index contributed by atoms with van der Waals surface area (Å²) < 4.78 is 5.70. The van der Waals surface area contributed by atoms with Crippen molar-refractivity contribution in [2.24, 2.45) is 5.73 Å². The van der Waals surface area contributed by atoms with Crippen LogP contribution in [0.1, 0.15) is 50.0 Å². The summed E-state index contributed by atoms with van der Waals surface area (Å²) in [7, 11) is 0. The van der Waals surface area contributed by atoms with Gasteiger partial charge < -0.3 is 10.5 Å². The summed E-state index contributed by atoms with van der Waals surface area (Å²) >= 11 is 0. The second-order valence-corrected chi connectivity index (χ2v) is 5.17. The summed E-state index contributed by atoms with van der Waals surface area (Å²) in [5.41, 5.74) is 6.76. The molecule has 1 amide bonds. The van der Waals surface area contributed by atoms with E-state index in [9.17, 15) is 4.79 Å². The third-order valence-corrected chi connectivity index (χ3v) is 2.53. The van der Waals surface area contributed by atoms with Gasteiger partial charge in [0.15, 0.2) is 0 Å². The average molecular weight is 235 g/mol. The molecular weight excluding hydrogens is 214 g/mol. The first kappa shape index (κ1) is 13.6. The molecule has 0 aliphatic carbocycles. The van der Waals surface area contributed by atoms with E-state index in [1.54, 1.807) is 6.07 Å². The molecule has 17 heavy (non-hydrogen) atoms. The zero-order chi connectivity index (χ0) is 13.1. The van der Waals surface area contributed by atoms with Gasteiger partial charge in [0, 0.05) is 11.1 Å². The first-order chi connectivity index (χ1) is 7.86. The normalized spacial score (nSPS) is 11.3. The van der Waals surface area contributed by atoms with Crippen molar-refractivity contribution in [1.29, 1.82) is 0 Å². The lowest BCUT2D eigenvalue weighted by Crippen LogP contribution is -2.17. The van der Waals surface area contributed by atoms with Gasteiger partial charge in [-0.15, -0.1) is 0 Å². The van der Waals surface area contributed by atoms with Crippen molar-refractivity contribution in [1.82, 2.24) is 0 Å². The molecule has 1 aromatic rings. The van der Waals surface area contributed by atoms with E-state index in [1.807, 2.05) is 12.1 Å². The molecule has 2 N–H and O–H groups in total. The number of hydrogen-bond donors (Lipinski definition) is 1. The van der Waals surface area contributed by atoms with Gasteiger partial charge in [0.05, 0.1) is 6.61 Å². The number of rotatable bonds is 4. The van der Waals surface area contributed by atoms with E-state index in [-0.39, 0.29) is 5.41 Å². The first-order valence-corrected chi connectivity index (χ1v) is 5.93. The lowest BCUT2D eigenvalue weighted by Gasteiger charge is -2.23. The predicted molar refractivity (Wildman–Crippen MR) is 69.4 cm³/mol. The molecule has 0 saturated carbocycles. The standard InChI is InChI=1S/C14H21NO2/c1-5-8-17-12-7-6-10(13(15)16)9-11(12)14(2,3)4/h6-7,9H,5,8H2,1-4H3,(H2,15,16). The van der Waals surface area contributed by atoms with Crippen LogP contribution in [-0.4, -0.2) is 12.5 Å². The molecular formula is C14H21NO2. The maximum Gasteiger partial charge on any atom is 0.248 e. The van der Waals surface area contributed by atoms with Crippen molar-refractivity contribution in [2.75, 3.05) is 6.61 Å². The molecule has 1 rings (SSSR count). The molecule has 0 radical (unpaired) electrons. The minimum Gasteiger partial charge on any atom is -0.493 e. The largest absolute Gasteiger partial charge is 0.493 e. The fraction of sp³-hybridized carbons (Fsp3) is 0.500. The predicted octanol–water partition coefficient (Wildman–Crippen LogP) is 2.87. The average Bonchev–Trinajstić information content (AvgIpc) is 2.24. The Labute approximate surface area is 103 Å². The number of carbonyl (C=O) groups excluding carboxylic acids is 1. The van der Waals surface area contributed by atoms with Crippen LogP contribution >= 0.6 is 0 Å². The van der Waals surface area contributed by atoms with Crippen molar-refractivity contribution >= 4 is 5.91 Å². The van der Waals surface area contributed by atoms with E-state index in [0.717, 1.165) is 17.7 Å². The molecule has 0 aliphatic heterocycles. The molecule has 0 saturated heterocycles. The quantitative estimate of drug-likeness (QED) is 0.872. The van der Waals surface area contributed by atoms with E-state index in [0.29, 0.717) is 12.2 Å². The summed E-state index contributed by atoms with van der Waals surface area (Å²) in [6.45, 7) is 9.01. The van der Waals surface area contributed by atoms with Crippen LogP contribution in [0.2, 0.25) is 0 Å². The lowest BCUT2D eigenvalue weighted by molar-refractivity contribution is 0.1000. The van der Waals surface area contributed by atoms with Crippen LogP contribution in [0, 0.1) is 0 Å². The molecule has 0 aromatic heterocycles. The Bertz CT molecular complexity index is 405. The Balaban J connectivity index is 3.17. The van der Waals surface area contributed by atoms with Gasteiger partial charge in [-0.2, -0.15) is 0 Å². The van der Waals surface area contributed by atoms with Crippen LogP contribution in [0.25, 0.3) is 0 Å². The molecule has 3 heteroatoms. The first-order valence-electron chi connectivity index (χ1n) is 5.93. The Morgan fingerprint density at radius 2 is 2.00 bits per heavy atom. The second kappa shape index (κ2) is 5.21. The lowest BCUT2D eigenvalue weighted by atomic mass is 9.85. The summed E-state index contributed by atoms with van der Waals surface area (Å²) in [6.07, 6.45) is 0.959. The van der Waals surface area contributed by atoms with Crippen LogP contribution in [0.4, 0.5) is 0 Å². The number of hydrogen-bond acceptors (Lipinski definition) is 2. The van der Waals surface area contributed by atoms with E-state index in [1.165, 1.54) is 0 Å². The highest BCUT2D eigenvalue weighted by Crippen LogP contribution is 2.32. The molecule has 94 valence electrons. The Hall–Kier alpha value is -1.51. The molecule has 0 heterocycles. The fourth-order valence-corrected chi connectivity index (χ4v) is 1.61. The van der Waals surface area contributed by atoms with Gasteiger partial charge in [-0.25, -0.2) is 0 Å². The van der Waals surface area contributed by atoms with Gasteiger partial charge in [0.2, 0.25) is 5.91 Å². The third kappa shape index (κ3) is 3.48. The van der Waals surface area contributed by atoms with Crippen molar-refractivity contribution in [3.05, 3.63) is 29.3 Å². The molecule has 0 fully saturated rings.